The van der Waals surface area contributed by atoms with Crippen molar-refractivity contribution >= 4 is 0 Å². The summed E-state index contributed by atoms with van der Waals surface area (Å²) in [4.78, 5) is 0. The Hall–Kier alpha value is -0.340. The molecule has 0 aliphatic heterocycles. The summed E-state index contributed by atoms with van der Waals surface area (Å²) in [7, 11) is 0. The van der Waals surface area contributed by atoms with Gasteiger partial charge >= 0.3 is 0 Å². The third kappa shape index (κ3) is 3.96. The highest BCUT2D eigenvalue weighted by molar-refractivity contribution is 5.26. The van der Waals surface area contributed by atoms with Crippen molar-refractivity contribution in [3.8, 4) is 0 Å². The van der Waals surface area contributed by atoms with Crippen LogP contribution in [0.3, 0.4) is 0 Å². The van der Waals surface area contributed by atoms with Crippen LogP contribution in [0.4, 0.5) is 0 Å². The lowest BCUT2D eigenvalue weighted by Gasteiger charge is -2.59. The summed E-state index contributed by atoms with van der Waals surface area (Å²) in [6.07, 6.45) is 14.5. The normalized spacial score (nSPS) is 47.7. The van der Waals surface area contributed by atoms with Crippen LogP contribution in [0.15, 0.2) is 11.6 Å². The largest absolute Gasteiger partial charge is 0.390 e. The van der Waals surface area contributed by atoms with E-state index in [0.29, 0.717) is 22.7 Å². The first kappa shape index (κ1) is 23.8. The Balaban J connectivity index is 1.49. The van der Waals surface area contributed by atoms with Gasteiger partial charge in [0.05, 0.1) is 11.2 Å². The smallest absolute Gasteiger partial charge is 0.0657 e. The molecule has 2 nitrogen and oxygen atoms in total. The summed E-state index contributed by atoms with van der Waals surface area (Å²) < 4.78 is 0. The minimum Gasteiger partial charge on any atom is -0.390 e. The van der Waals surface area contributed by atoms with E-state index in [9.17, 15) is 10.2 Å². The number of rotatable bonds is 5. The first-order valence-electron chi connectivity index (χ1n) is 13.4. The predicted octanol–water partition coefficient (Wildman–Crippen LogP) is 7.14. The zero-order valence-corrected chi connectivity index (χ0v) is 21.5. The SMILES string of the molecule is CC(C)[C@](C)(O)CC[C@@H](C)[C@H]1CC[C@H]2[C@@H]3CC=C4C[C@@](C)(O)CC[C@]4(C)[C@H]3CC[C@]12C. The molecule has 2 N–H and O–H groups in total. The molecule has 0 spiro atoms. The van der Waals surface area contributed by atoms with Gasteiger partial charge < -0.3 is 10.2 Å². The van der Waals surface area contributed by atoms with E-state index in [1.807, 2.05) is 13.8 Å². The number of allylic oxidation sites excluding steroid dienone is 1. The third-order valence-electron chi connectivity index (χ3n) is 11.5. The van der Waals surface area contributed by atoms with Crippen LogP contribution in [0.5, 0.6) is 0 Å². The highest BCUT2D eigenvalue weighted by atomic mass is 16.3. The van der Waals surface area contributed by atoms with E-state index < -0.39 is 11.2 Å². The first-order valence-corrected chi connectivity index (χ1v) is 13.4. The molecule has 4 aliphatic carbocycles. The molecule has 0 amide bonds. The van der Waals surface area contributed by atoms with Crippen LogP contribution >= 0.6 is 0 Å². The average Bonchev–Trinajstić information content (AvgIpc) is 3.04. The molecule has 4 rings (SSSR count). The molecule has 0 aromatic heterocycles. The van der Waals surface area contributed by atoms with Crippen LogP contribution in [0, 0.1) is 46.3 Å². The molecule has 4 aliphatic rings. The Morgan fingerprint density at radius 2 is 1.74 bits per heavy atom. The van der Waals surface area contributed by atoms with E-state index in [2.05, 4.69) is 40.7 Å². The van der Waals surface area contributed by atoms with Crippen LogP contribution in [0.25, 0.3) is 0 Å². The van der Waals surface area contributed by atoms with Gasteiger partial charge in [-0.2, -0.15) is 0 Å². The van der Waals surface area contributed by atoms with E-state index in [-0.39, 0.29) is 0 Å². The fraction of sp³-hybridized carbons (Fsp3) is 0.931. The van der Waals surface area contributed by atoms with E-state index >= 15 is 0 Å². The highest BCUT2D eigenvalue weighted by Crippen LogP contribution is 2.67. The van der Waals surface area contributed by atoms with Gasteiger partial charge in [0.25, 0.3) is 0 Å². The Labute approximate surface area is 192 Å². The molecule has 178 valence electrons. The molecule has 0 bridgehead atoms. The van der Waals surface area contributed by atoms with Crippen molar-refractivity contribution in [3.63, 3.8) is 0 Å². The van der Waals surface area contributed by atoms with Gasteiger partial charge in [0.2, 0.25) is 0 Å². The van der Waals surface area contributed by atoms with Gasteiger partial charge in [0, 0.05) is 0 Å². The quantitative estimate of drug-likeness (QED) is 0.455. The van der Waals surface area contributed by atoms with Crippen LogP contribution in [0.1, 0.15) is 113 Å². The van der Waals surface area contributed by atoms with E-state index in [0.717, 1.165) is 49.4 Å². The molecule has 31 heavy (non-hydrogen) atoms. The fourth-order valence-corrected chi connectivity index (χ4v) is 8.79. The van der Waals surface area contributed by atoms with Crippen molar-refractivity contribution < 1.29 is 10.2 Å². The Morgan fingerprint density at radius 3 is 2.42 bits per heavy atom. The van der Waals surface area contributed by atoms with E-state index in [1.165, 1.54) is 38.5 Å². The second kappa shape index (κ2) is 7.86. The molecular weight excluding hydrogens is 380 g/mol. The number of fused-ring (bicyclic) bond motifs is 5. The number of aliphatic hydroxyl groups is 2. The van der Waals surface area contributed by atoms with Gasteiger partial charge in [-0.1, -0.05) is 46.3 Å². The summed E-state index contributed by atoms with van der Waals surface area (Å²) >= 11 is 0. The molecule has 3 saturated carbocycles. The summed E-state index contributed by atoms with van der Waals surface area (Å²) in [6.45, 7) is 16.0. The Kier molecular flexibility index (Phi) is 6.04. The van der Waals surface area contributed by atoms with Crippen molar-refractivity contribution in [2.24, 2.45) is 46.3 Å². The molecule has 0 saturated heterocycles. The minimum absolute atomic E-state index is 0.322. The van der Waals surface area contributed by atoms with E-state index in [1.54, 1.807) is 5.57 Å². The molecule has 3 fully saturated rings. The monoisotopic (exact) mass is 430 g/mol. The lowest BCUT2D eigenvalue weighted by molar-refractivity contribution is -0.0721. The molecular formula is C29H50O2. The molecule has 2 heteroatoms. The minimum atomic E-state index is -0.536. The first-order chi connectivity index (χ1) is 14.3. The zero-order chi connectivity index (χ0) is 22.8. The van der Waals surface area contributed by atoms with Crippen LogP contribution in [0.2, 0.25) is 0 Å². The zero-order valence-electron chi connectivity index (χ0n) is 21.5. The maximum absolute atomic E-state index is 10.8. The topological polar surface area (TPSA) is 40.5 Å². The van der Waals surface area contributed by atoms with E-state index in [4.69, 9.17) is 0 Å². The molecule has 0 unspecified atom stereocenters. The van der Waals surface area contributed by atoms with Crippen molar-refractivity contribution in [2.75, 3.05) is 0 Å². The predicted molar refractivity (Wildman–Crippen MR) is 130 cm³/mol. The Morgan fingerprint density at radius 1 is 1.03 bits per heavy atom. The molecule has 9 atom stereocenters. The summed E-state index contributed by atoms with van der Waals surface area (Å²) in [5.41, 5.74) is 1.35. The molecule has 0 aromatic carbocycles. The fourth-order valence-electron chi connectivity index (χ4n) is 8.79. The number of hydrogen-bond donors (Lipinski definition) is 2. The Bertz CT molecular complexity index is 704. The maximum atomic E-state index is 10.8. The van der Waals surface area contributed by atoms with Gasteiger partial charge in [-0.3, -0.25) is 0 Å². The van der Waals surface area contributed by atoms with Crippen molar-refractivity contribution in [1.29, 1.82) is 0 Å². The molecule has 0 radical (unpaired) electrons. The van der Waals surface area contributed by atoms with Crippen LogP contribution < -0.4 is 0 Å². The van der Waals surface area contributed by atoms with Gasteiger partial charge in [-0.15, -0.1) is 0 Å². The summed E-state index contributed by atoms with van der Waals surface area (Å²) in [5.74, 6) is 4.35. The summed E-state index contributed by atoms with van der Waals surface area (Å²) in [5, 5.41) is 21.5. The molecule has 0 aromatic rings. The van der Waals surface area contributed by atoms with Gasteiger partial charge in [-0.25, -0.2) is 0 Å². The molecule has 0 heterocycles. The third-order valence-corrected chi connectivity index (χ3v) is 11.5. The summed E-state index contributed by atoms with van der Waals surface area (Å²) in [6, 6.07) is 0. The van der Waals surface area contributed by atoms with Crippen LogP contribution in [-0.2, 0) is 0 Å². The van der Waals surface area contributed by atoms with Crippen molar-refractivity contribution in [2.45, 2.75) is 124 Å². The highest BCUT2D eigenvalue weighted by Gasteiger charge is 2.59. The standard InChI is InChI=1S/C29H50O2/c1-19(2)29(7,31)15-12-20(3)23-10-11-24-22-9-8-21-18-26(4,30)16-17-27(21,5)25(22)13-14-28(23,24)6/h8,19-20,22-25,30-31H,9-18H2,1-7H3/t20-,22+,23-,24+,25+,26+,27+,28-,29-/m1/s1. The van der Waals surface area contributed by atoms with Crippen molar-refractivity contribution in [3.05, 3.63) is 11.6 Å². The van der Waals surface area contributed by atoms with Gasteiger partial charge in [-0.05, 0) is 124 Å². The lowest BCUT2D eigenvalue weighted by Crippen LogP contribution is -2.52. The lowest BCUT2D eigenvalue weighted by atomic mass is 9.46. The van der Waals surface area contributed by atoms with Gasteiger partial charge in [0.1, 0.15) is 0 Å². The van der Waals surface area contributed by atoms with Crippen LogP contribution in [-0.4, -0.2) is 21.4 Å². The maximum Gasteiger partial charge on any atom is 0.0657 e. The number of hydrogen-bond acceptors (Lipinski definition) is 2. The second-order valence-electron chi connectivity index (χ2n) is 13.7. The van der Waals surface area contributed by atoms with Crippen molar-refractivity contribution in [1.82, 2.24) is 0 Å². The van der Waals surface area contributed by atoms with Gasteiger partial charge in [0.15, 0.2) is 0 Å². The second-order valence-corrected chi connectivity index (χ2v) is 13.7. The average molecular weight is 431 g/mol.